The van der Waals surface area contributed by atoms with Crippen molar-refractivity contribution in [1.82, 2.24) is 20.5 Å². The van der Waals surface area contributed by atoms with E-state index in [9.17, 15) is 22.8 Å². The third-order valence-electron chi connectivity index (χ3n) is 4.54. The van der Waals surface area contributed by atoms with Crippen molar-refractivity contribution >= 4 is 39.3 Å². The molecule has 1 saturated heterocycles. The van der Waals surface area contributed by atoms with Gasteiger partial charge in [-0.25, -0.2) is 8.42 Å². The number of morpholine rings is 1. The fourth-order valence-corrected chi connectivity index (χ4v) is 4.45. The Labute approximate surface area is 189 Å². The van der Waals surface area contributed by atoms with Crippen LogP contribution in [0.5, 0.6) is 0 Å². The summed E-state index contributed by atoms with van der Waals surface area (Å²) in [5, 5.41) is 2.77. The maximum absolute atomic E-state index is 12.6. The van der Waals surface area contributed by atoms with Gasteiger partial charge in [-0.15, -0.1) is 0 Å². The van der Waals surface area contributed by atoms with Crippen molar-refractivity contribution in [3.8, 4) is 0 Å². The van der Waals surface area contributed by atoms with Gasteiger partial charge in [0.05, 0.1) is 24.7 Å². The summed E-state index contributed by atoms with van der Waals surface area (Å²) >= 11 is 5.81. The van der Waals surface area contributed by atoms with Gasteiger partial charge in [0.2, 0.25) is 10.0 Å². The molecule has 3 rings (SSSR count). The number of nitrogens with one attached hydrogen (secondary N) is 3. The topological polar surface area (TPSA) is 134 Å². The van der Waals surface area contributed by atoms with Crippen molar-refractivity contribution < 1.29 is 27.5 Å². The predicted molar refractivity (Wildman–Crippen MR) is 115 cm³/mol. The fourth-order valence-electron chi connectivity index (χ4n) is 2.85. The number of hydrogen-bond acceptors (Lipinski definition) is 6. The van der Waals surface area contributed by atoms with E-state index in [0.717, 1.165) is 0 Å². The molecule has 2 aromatic rings. The molecule has 10 nitrogen and oxygen atoms in total. The van der Waals surface area contributed by atoms with Crippen LogP contribution in [-0.2, 0) is 19.6 Å². The Morgan fingerprint density at radius 2 is 1.62 bits per heavy atom. The third-order valence-corrected chi connectivity index (χ3v) is 6.68. The summed E-state index contributed by atoms with van der Waals surface area (Å²) in [5.74, 6) is -1.79. The summed E-state index contributed by atoms with van der Waals surface area (Å²) in [4.78, 5) is 36.1. The van der Waals surface area contributed by atoms with E-state index in [-0.39, 0.29) is 29.1 Å². The van der Waals surface area contributed by atoms with Crippen LogP contribution in [0.3, 0.4) is 0 Å². The highest BCUT2D eigenvalue weighted by Gasteiger charge is 2.26. The number of ether oxygens (including phenoxy) is 1. The Kier molecular flexibility index (Phi) is 7.80. The Morgan fingerprint density at radius 1 is 0.938 bits per heavy atom. The van der Waals surface area contributed by atoms with Crippen molar-refractivity contribution in [2.75, 3.05) is 32.8 Å². The van der Waals surface area contributed by atoms with E-state index in [1.54, 1.807) is 12.1 Å². The number of carbonyl (C=O) groups is 3. The van der Waals surface area contributed by atoms with Crippen molar-refractivity contribution in [2.45, 2.75) is 4.90 Å². The lowest BCUT2D eigenvalue weighted by Crippen LogP contribution is -2.46. The number of hydrazine groups is 1. The number of sulfonamides is 1. The molecular weight excluding hydrogens is 460 g/mol. The van der Waals surface area contributed by atoms with Crippen LogP contribution in [-0.4, -0.2) is 63.3 Å². The van der Waals surface area contributed by atoms with E-state index < -0.39 is 34.3 Å². The van der Waals surface area contributed by atoms with Crippen molar-refractivity contribution in [3.63, 3.8) is 0 Å². The van der Waals surface area contributed by atoms with Crippen molar-refractivity contribution in [3.05, 3.63) is 64.7 Å². The number of nitrogens with zero attached hydrogens (tertiary/aromatic N) is 1. The van der Waals surface area contributed by atoms with Gasteiger partial charge in [0.15, 0.2) is 0 Å². The summed E-state index contributed by atoms with van der Waals surface area (Å²) in [6, 6.07) is 11.6. The SMILES string of the molecule is O=C(CNC(=O)c1ccc(S(=O)(=O)N2CCOCC2)cc1)NNC(=O)c1cccc(Cl)c1. The standard InChI is InChI=1S/C20H21ClN4O6S/c21-16-3-1-2-15(12-16)20(28)24-23-18(26)13-22-19(27)14-4-6-17(7-5-14)32(29,30)25-8-10-31-11-9-25/h1-7,12H,8-11,13H2,(H,22,27)(H,23,26)(H,24,28). The molecule has 1 fully saturated rings. The third kappa shape index (κ3) is 6.04. The molecule has 0 bridgehead atoms. The van der Waals surface area contributed by atoms with Gasteiger partial charge in [-0.05, 0) is 42.5 Å². The molecule has 1 heterocycles. The minimum absolute atomic E-state index is 0.0671. The molecule has 0 spiro atoms. The van der Waals surface area contributed by atoms with Crippen LogP contribution >= 0.6 is 11.6 Å². The lowest BCUT2D eigenvalue weighted by atomic mass is 10.2. The zero-order chi connectivity index (χ0) is 23.1. The number of halogens is 1. The van der Waals surface area contributed by atoms with E-state index in [4.69, 9.17) is 16.3 Å². The Balaban J connectivity index is 1.49. The van der Waals surface area contributed by atoms with Gasteiger partial charge in [-0.3, -0.25) is 25.2 Å². The van der Waals surface area contributed by atoms with E-state index in [1.807, 2.05) is 0 Å². The monoisotopic (exact) mass is 480 g/mol. The first-order valence-corrected chi connectivity index (χ1v) is 11.4. The van der Waals surface area contributed by atoms with E-state index in [1.165, 1.54) is 40.7 Å². The summed E-state index contributed by atoms with van der Waals surface area (Å²) in [6.07, 6.45) is 0. The van der Waals surface area contributed by atoms with Gasteiger partial charge in [-0.2, -0.15) is 4.31 Å². The van der Waals surface area contributed by atoms with Crippen LogP contribution in [0, 0.1) is 0 Å². The summed E-state index contributed by atoms with van der Waals surface area (Å²) in [5.41, 5.74) is 4.84. The smallest absolute Gasteiger partial charge is 0.269 e. The molecule has 32 heavy (non-hydrogen) atoms. The first-order chi connectivity index (χ1) is 15.3. The summed E-state index contributed by atoms with van der Waals surface area (Å²) in [7, 11) is -3.66. The quantitative estimate of drug-likeness (QED) is 0.517. The Hall–Kier alpha value is -2.99. The normalized spacial score (nSPS) is 14.4. The highest BCUT2D eigenvalue weighted by atomic mass is 35.5. The number of rotatable bonds is 6. The van der Waals surface area contributed by atoms with Gasteiger partial charge in [0.1, 0.15) is 0 Å². The van der Waals surface area contributed by atoms with Crippen LogP contribution in [0.15, 0.2) is 53.4 Å². The second-order valence-electron chi connectivity index (χ2n) is 6.74. The average Bonchev–Trinajstić information content (AvgIpc) is 2.81. The molecule has 0 unspecified atom stereocenters. The Morgan fingerprint density at radius 3 is 2.28 bits per heavy atom. The second-order valence-corrected chi connectivity index (χ2v) is 9.11. The van der Waals surface area contributed by atoms with E-state index in [2.05, 4.69) is 16.2 Å². The molecule has 2 aromatic carbocycles. The van der Waals surface area contributed by atoms with Crippen molar-refractivity contribution in [2.24, 2.45) is 0 Å². The Bertz CT molecular complexity index is 1100. The van der Waals surface area contributed by atoms with Gasteiger partial charge in [-0.1, -0.05) is 17.7 Å². The van der Waals surface area contributed by atoms with Gasteiger partial charge in [0.25, 0.3) is 17.7 Å². The molecule has 1 aliphatic heterocycles. The van der Waals surface area contributed by atoms with Crippen molar-refractivity contribution in [1.29, 1.82) is 0 Å². The maximum Gasteiger partial charge on any atom is 0.269 e. The largest absolute Gasteiger partial charge is 0.379 e. The first-order valence-electron chi connectivity index (χ1n) is 9.58. The lowest BCUT2D eigenvalue weighted by molar-refractivity contribution is -0.120. The summed E-state index contributed by atoms with van der Waals surface area (Å²) < 4.78 is 31.7. The molecule has 12 heteroatoms. The fraction of sp³-hybridized carbons (Fsp3) is 0.250. The maximum atomic E-state index is 12.6. The molecule has 1 aliphatic rings. The molecule has 3 N–H and O–H groups in total. The highest BCUT2D eigenvalue weighted by molar-refractivity contribution is 7.89. The second kappa shape index (κ2) is 10.6. The van der Waals surface area contributed by atoms with Crippen LogP contribution in [0.25, 0.3) is 0 Å². The van der Waals surface area contributed by atoms with E-state index >= 15 is 0 Å². The number of benzene rings is 2. The van der Waals surface area contributed by atoms with Gasteiger partial charge >= 0.3 is 0 Å². The molecule has 0 saturated carbocycles. The molecule has 0 atom stereocenters. The number of amides is 3. The van der Waals surface area contributed by atoms with Gasteiger partial charge in [0, 0.05) is 29.2 Å². The predicted octanol–water partition coefficient (Wildman–Crippen LogP) is 0.552. The van der Waals surface area contributed by atoms with Crippen LogP contribution < -0.4 is 16.2 Å². The average molecular weight is 481 g/mol. The molecular formula is C20H21ClN4O6S. The zero-order valence-corrected chi connectivity index (χ0v) is 18.4. The van der Waals surface area contributed by atoms with Crippen LogP contribution in [0.2, 0.25) is 5.02 Å². The van der Waals surface area contributed by atoms with Gasteiger partial charge < -0.3 is 10.1 Å². The van der Waals surface area contributed by atoms with E-state index in [0.29, 0.717) is 18.2 Å². The van der Waals surface area contributed by atoms with Crippen LogP contribution in [0.4, 0.5) is 0 Å². The van der Waals surface area contributed by atoms with Crippen LogP contribution in [0.1, 0.15) is 20.7 Å². The molecule has 0 aromatic heterocycles. The molecule has 3 amide bonds. The number of hydrogen-bond donors (Lipinski definition) is 3. The minimum atomic E-state index is -3.66. The molecule has 0 radical (unpaired) electrons. The minimum Gasteiger partial charge on any atom is -0.379 e. The lowest BCUT2D eigenvalue weighted by Gasteiger charge is -2.26. The molecule has 0 aliphatic carbocycles. The first kappa shape index (κ1) is 23.7. The highest BCUT2D eigenvalue weighted by Crippen LogP contribution is 2.17. The number of carbonyl (C=O) groups excluding carboxylic acids is 3. The zero-order valence-electron chi connectivity index (χ0n) is 16.8. The molecule has 170 valence electrons. The summed E-state index contributed by atoms with van der Waals surface area (Å²) in [6.45, 7) is 0.812.